The van der Waals surface area contributed by atoms with Gasteiger partial charge in [0.25, 0.3) is 5.91 Å². The van der Waals surface area contributed by atoms with Crippen LogP contribution in [-0.4, -0.2) is 77.6 Å². The molecule has 2 aliphatic heterocycles. The number of hydrogen-bond donors (Lipinski definition) is 0. The van der Waals surface area contributed by atoms with Gasteiger partial charge in [0.2, 0.25) is 0 Å². The van der Waals surface area contributed by atoms with Crippen LogP contribution in [0, 0.1) is 0 Å². The molecular formula is C20H22N6O2S. The molecule has 150 valence electrons. The number of piperazine rings is 1. The molecule has 2 aromatic heterocycles. The first kappa shape index (κ1) is 18.3. The summed E-state index contributed by atoms with van der Waals surface area (Å²) in [4.78, 5) is 27.8. The average Bonchev–Trinajstić information content (AvgIpc) is 3.24. The Labute approximate surface area is 172 Å². The van der Waals surface area contributed by atoms with E-state index < -0.39 is 0 Å². The second-order valence-corrected chi connectivity index (χ2v) is 7.95. The molecule has 2 aliphatic rings. The van der Waals surface area contributed by atoms with E-state index >= 15 is 0 Å². The summed E-state index contributed by atoms with van der Waals surface area (Å²) in [6.07, 6.45) is 1.48. The Hall–Kier alpha value is -2.78. The van der Waals surface area contributed by atoms with Crippen LogP contribution in [0.3, 0.4) is 0 Å². The molecule has 1 aromatic carbocycles. The summed E-state index contributed by atoms with van der Waals surface area (Å²) in [5, 5.41) is 1.18. The molecule has 29 heavy (non-hydrogen) atoms. The van der Waals surface area contributed by atoms with Crippen molar-refractivity contribution in [2.24, 2.45) is 0 Å². The van der Waals surface area contributed by atoms with E-state index in [2.05, 4.69) is 36.3 Å². The van der Waals surface area contributed by atoms with Crippen LogP contribution in [0.25, 0.3) is 10.1 Å². The maximum atomic E-state index is 13.0. The quantitative estimate of drug-likeness (QED) is 0.653. The summed E-state index contributed by atoms with van der Waals surface area (Å²) in [5.74, 6) is 1.78. The summed E-state index contributed by atoms with van der Waals surface area (Å²) in [5.41, 5.74) is 0.453. The van der Waals surface area contributed by atoms with Crippen LogP contribution in [0.1, 0.15) is 10.5 Å². The monoisotopic (exact) mass is 410 g/mol. The van der Waals surface area contributed by atoms with Crippen molar-refractivity contribution in [3.05, 3.63) is 42.4 Å². The highest BCUT2D eigenvalue weighted by molar-refractivity contribution is 7.13. The van der Waals surface area contributed by atoms with E-state index in [1.54, 1.807) is 6.07 Å². The molecular weight excluding hydrogens is 388 g/mol. The zero-order valence-electron chi connectivity index (χ0n) is 16.0. The van der Waals surface area contributed by atoms with Gasteiger partial charge in [-0.15, -0.1) is 0 Å². The number of nitrogens with zero attached hydrogens (tertiary/aromatic N) is 6. The van der Waals surface area contributed by atoms with E-state index in [1.807, 2.05) is 17.0 Å². The van der Waals surface area contributed by atoms with Gasteiger partial charge in [-0.05, 0) is 23.7 Å². The third-order valence-corrected chi connectivity index (χ3v) is 6.25. The van der Waals surface area contributed by atoms with Crippen molar-refractivity contribution >= 4 is 39.2 Å². The van der Waals surface area contributed by atoms with Gasteiger partial charge in [-0.1, -0.05) is 12.1 Å². The third-order valence-electron chi connectivity index (χ3n) is 5.43. The first-order valence-electron chi connectivity index (χ1n) is 9.83. The molecule has 0 N–H and O–H groups in total. The number of amides is 1. The molecule has 5 rings (SSSR count). The van der Waals surface area contributed by atoms with Crippen molar-refractivity contribution in [1.82, 2.24) is 19.2 Å². The molecule has 9 heteroatoms. The van der Waals surface area contributed by atoms with E-state index in [9.17, 15) is 4.79 Å². The molecule has 1 amide bonds. The van der Waals surface area contributed by atoms with Crippen molar-refractivity contribution in [2.45, 2.75) is 0 Å². The highest BCUT2D eigenvalue weighted by Gasteiger charge is 2.26. The van der Waals surface area contributed by atoms with Crippen LogP contribution in [0.2, 0.25) is 0 Å². The molecule has 0 spiro atoms. The van der Waals surface area contributed by atoms with Gasteiger partial charge in [-0.3, -0.25) is 4.79 Å². The smallest absolute Gasteiger partial charge is 0.272 e. The largest absolute Gasteiger partial charge is 0.378 e. The fourth-order valence-electron chi connectivity index (χ4n) is 3.81. The van der Waals surface area contributed by atoms with Crippen molar-refractivity contribution in [3.8, 4) is 0 Å². The average molecular weight is 411 g/mol. The highest BCUT2D eigenvalue weighted by Crippen LogP contribution is 2.30. The molecule has 0 radical (unpaired) electrons. The van der Waals surface area contributed by atoms with Gasteiger partial charge >= 0.3 is 0 Å². The number of benzene rings is 1. The number of morpholine rings is 1. The first-order valence-corrected chi connectivity index (χ1v) is 10.6. The Balaban J connectivity index is 1.26. The summed E-state index contributed by atoms with van der Waals surface area (Å²) in [7, 11) is 0. The van der Waals surface area contributed by atoms with Gasteiger partial charge in [0, 0.05) is 50.7 Å². The molecule has 0 atom stereocenters. The van der Waals surface area contributed by atoms with Crippen molar-refractivity contribution in [2.75, 3.05) is 62.3 Å². The van der Waals surface area contributed by atoms with E-state index in [0.717, 1.165) is 37.8 Å². The number of carbonyl (C=O) groups is 1. The minimum Gasteiger partial charge on any atom is -0.378 e. The molecule has 8 nitrogen and oxygen atoms in total. The Kier molecular flexibility index (Phi) is 4.99. The molecule has 0 saturated carbocycles. The third kappa shape index (κ3) is 3.63. The van der Waals surface area contributed by atoms with Gasteiger partial charge in [0.05, 0.1) is 17.9 Å². The number of carbonyl (C=O) groups excluding carboxylic acids is 1. The maximum Gasteiger partial charge on any atom is 0.272 e. The van der Waals surface area contributed by atoms with Gasteiger partial charge in [0.15, 0.2) is 0 Å². The summed E-state index contributed by atoms with van der Waals surface area (Å²) >= 11 is 1.52. The van der Waals surface area contributed by atoms with Gasteiger partial charge < -0.3 is 19.4 Å². The molecule has 0 aliphatic carbocycles. The van der Waals surface area contributed by atoms with Crippen LogP contribution < -0.4 is 9.80 Å². The highest BCUT2D eigenvalue weighted by atomic mass is 32.1. The predicted octanol–water partition coefficient (Wildman–Crippen LogP) is 1.89. The first-order chi connectivity index (χ1) is 14.3. The summed E-state index contributed by atoms with van der Waals surface area (Å²) in [6, 6.07) is 10.1. The summed E-state index contributed by atoms with van der Waals surface area (Å²) < 4.78 is 11.2. The molecule has 0 unspecified atom stereocenters. The van der Waals surface area contributed by atoms with E-state index in [-0.39, 0.29) is 5.91 Å². The Bertz CT molecular complexity index is 1010. The molecule has 0 bridgehead atoms. The van der Waals surface area contributed by atoms with E-state index in [0.29, 0.717) is 32.0 Å². The lowest BCUT2D eigenvalue weighted by atomic mass is 10.2. The van der Waals surface area contributed by atoms with Gasteiger partial charge in [-0.25, -0.2) is 9.97 Å². The second kappa shape index (κ2) is 7.92. The fourth-order valence-corrected chi connectivity index (χ4v) is 4.61. The SMILES string of the molecule is O=C(c1cc(N2CCOCC2)ncn1)N1CCN(c2nsc3ccccc23)CC1. The topological polar surface area (TPSA) is 74.7 Å². The molecule has 3 aromatic rings. The van der Waals surface area contributed by atoms with E-state index in [4.69, 9.17) is 4.74 Å². The zero-order valence-corrected chi connectivity index (χ0v) is 16.8. The van der Waals surface area contributed by atoms with Gasteiger partial charge in [0.1, 0.15) is 23.7 Å². The lowest BCUT2D eigenvalue weighted by Gasteiger charge is -2.35. The predicted molar refractivity (Wildman–Crippen MR) is 113 cm³/mol. The van der Waals surface area contributed by atoms with Crippen molar-refractivity contribution in [3.63, 3.8) is 0 Å². The summed E-state index contributed by atoms with van der Waals surface area (Å²) in [6.45, 7) is 5.77. The molecule has 2 saturated heterocycles. The fraction of sp³-hybridized carbons (Fsp3) is 0.400. The number of aromatic nitrogens is 3. The second-order valence-electron chi connectivity index (χ2n) is 7.14. The maximum absolute atomic E-state index is 13.0. The normalized spacial score (nSPS) is 17.7. The standard InChI is InChI=1S/C20H22N6O2S/c27-20(16-13-18(22-14-21-16)24-9-11-28-12-10-24)26-7-5-25(6-8-26)19-15-3-1-2-4-17(15)29-23-19/h1-4,13-14H,5-12H2. The molecule has 4 heterocycles. The van der Waals surface area contributed by atoms with E-state index in [1.165, 1.54) is 27.9 Å². The number of ether oxygens (including phenoxy) is 1. The van der Waals surface area contributed by atoms with Crippen LogP contribution in [0.15, 0.2) is 36.7 Å². The van der Waals surface area contributed by atoms with Crippen LogP contribution >= 0.6 is 11.5 Å². The zero-order chi connectivity index (χ0) is 19.6. The van der Waals surface area contributed by atoms with Crippen LogP contribution in [0.5, 0.6) is 0 Å². The number of rotatable bonds is 3. The number of fused-ring (bicyclic) bond motifs is 1. The van der Waals surface area contributed by atoms with Gasteiger partial charge in [-0.2, -0.15) is 4.37 Å². The van der Waals surface area contributed by atoms with Crippen molar-refractivity contribution in [1.29, 1.82) is 0 Å². The number of hydrogen-bond acceptors (Lipinski definition) is 8. The van der Waals surface area contributed by atoms with Crippen LogP contribution in [0.4, 0.5) is 11.6 Å². The Morgan fingerprint density at radius 3 is 2.59 bits per heavy atom. The Morgan fingerprint density at radius 2 is 1.76 bits per heavy atom. The van der Waals surface area contributed by atoms with Crippen molar-refractivity contribution < 1.29 is 9.53 Å². The number of anilines is 2. The minimum absolute atomic E-state index is 0.0373. The lowest BCUT2D eigenvalue weighted by molar-refractivity contribution is 0.0740. The lowest BCUT2D eigenvalue weighted by Crippen LogP contribution is -2.49. The Morgan fingerprint density at radius 1 is 0.966 bits per heavy atom. The minimum atomic E-state index is -0.0373. The molecule has 2 fully saturated rings. The van der Waals surface area contributed by atoms with Crippen LogP contribution in [-0.2, 0) is 4.74 Å².